The quantitative estimate of drug-likeness (QED) is 0.496. The van der Waals surface area contributed by atoms with Gasteiger partial charge in [0.1, 0.15) is 11.7 Å². The van der Waals surface area contributed by atoms with Crippen molar-refractivity contribution in [1.82, 2.24) is 0 Å². The zero-order valence-electron chi connectivity index (χ0n) is 12.1. The summed E-state index contributed by atoms with van der Waals surface area (Å²) in [5.74, 6) is 0.631. The lowest BCUT2D eigenvalue weighted by Crippen LogP contribution is -2.65. The second-order valence-corrected chi connectivity index (χ2v) is 7.73. The molecule has 0 N–H and O–H groups in total. The molecule has 3 nitrogen and oxygen atoms in total. The highest BCUT2D eigenvalue weighted by Gasteiger charge is 2.83. The summed E-state index contributed by atoms with van der Waals surface area (Å²) in [6, 6.07) is 0. The van der Waals surface area contributed by atoms with Crippen molar-refractivity contribution in [2.24, 2.45) is 16.7 Å². The summed E-state index contributed by atoms with van der Waals surface area (Å²) in [4.78, 5) is 0. The second kappa shape index (κ2) is 2.81. The maximum Gasteiger partial charge on any atom is 0.124 e. The van der Waals surface area contributed by atoms with Crippen LogP contribution in [0.15, 0.2) is 11.6 Å². The Hall–Kier alpha value is -0.380. The molecule has 0 aromatic rings. The molecule has 3 saturated heterocycles. The van der Waals surface area contributed by atoms with E-state index in [2.05, 4.69) is 33.8 Å². The Bertz CT molecular complexity index is 508. The number of fused-ring (bicyclic) bond motifs is 4. The van der Waals surface area contributed by atoms with Gasteiger partial charge < -0.3 is 14.2 Å². The molecule has 19 heavy (non-hydrogen) atoms. The van der Waals surface area contributed by atoms with Gasteiger partial charge in [0.2, 0.25) is 0 Å². The number of ether oxygens (including phenoxy) is 3. The first kappa shape index (κ1) is 11.3. The van der Waals surface area contributed by atoms with Gasteiger partial charge in [-0.3, -0.25) is 0 Å². The largest absolute Gasteiger partial charge is 0.367 e. The van der Waals surface area contributed by atoms with Crippen LogP contribution in [0.1, 0.15) is 34.1 Å². The van der Waals surface area contributed by atoms with Crippen LogP contribution < -0.4 is 0 Å². The van der Waals surface area contributed by atoms with Gasteiger partial charge in [0.25, 0.3) is 0 Å². The van der Waals surface area contributed by atoms with E-state index >= 15 is 0 Å². The van der Waals surface area contributed by atoms with Crippen molar-refractivity contribution < 1.29 is 14.2 Å². The molecule has 2 unspecified atom stereocenters. The SMILES string of the molecule is CC1=CC2OC3C[C@@H](C)[C@@](C)([C@]34CO4)[C@@]2(C)[C@H]2O[C@H]12. The Morgan fingerprint density at radius 1 is 1.26 bits per heavy atom. The lowest BCUT2D eigenvalue weighted by atomic mass is 9.50. The molecule has 4 fully saturated rings. The van der Waals surface area contributed by atoms with Crippen LogP contribution in [0.25, 0.3) is 0 Å². The Labute approximate surface area is 114 Å². The van der Waals surface area contributed by atoms with E-state index < -0.39 is 0 Å². The second-order valence-electron chi connectivity index (χ2n) is 7.73. The van der Waals surface area contributed by atoms with E-state index in [-0.39, 0.29) is 28.6 Å². The number of hydrogen-bond acceptors (Lipinski definition) is 3. The fourth-order valence-electron chi connectivity index (χ4n) is 5.75. The molecule has 104 valence electrons. The van der Waals surface area contributed by atoms with Crippen LogP contribution in [0.5, 0.6) is 0 Å². The lowest BCUT2D eigenvalue weighted by molar-refractivity contribution is -0.199. The van der Waals surface area contributed by atoms with E-state index in [0.29, 0.717) is 18.1 Å². The van der Waals surface area contributed by atoms with Crippen molar-refractivity contribution in [2.75, 3.05) is 6.61 Å². The van der Waals surface area contributed by atoms with Crippen LogP contribution in [0.2, 0.25) is 0 Å². The standard InChI is InChI=1S/C16H22O3/c1-8-5-10-14(3,13-12(8)19-13)15(4)9(2)6-11(18-10)16(15)7-17-16/h5,9-13H,6-7H2,1-4H3/t9-,10?,11?,12-,13+,14-,15-,16+/m1/s1. The minimum atomic E-state index is -0.0206. The van der Waals surface area contributed by atoms with Gasteiger partial charge in [-0.2, -0.15) is 0 Å². The molecule has 1 saturated carbocycles. The Balaban J connectivity index is 1.73. The van der Waals surface area contributed by atoms with E-state index in [4.69, 9.17) is 14.2 Å². The van der Waals surface area contributed by atoms with E-state index in [9.17, 15) is 0 Å². The average molecular weight is 262 g/mol. The molecule has 8 atom stereocenters. The first-order chi connectivity index (χ1) is 8.95. The predicted molar refractivity (Wildman–Crippen MR) is 69.8 cm³/mol. The summed E-state index contributed by atoms with van der Waals surface area (Å²) in [6.45, 7) is 10.3. The van der Waals surface area contributed by atoms with Gasteiger partial charge in [0.05, 0.1) is 24.9 Å². The van der Waals surface area contributed by atoms with Gasteiger partial charge in [0, 0.05) is 10.8 Å². The van der Waals surface area contributed by atoms with Gasteiger partial charge in [-0.1, -0.05) is 26.8 Å². The molecule has 5 aliphatic rings. The van der Waals surface area contributed by atoms with Gasteiger partial charge in [-0.05, 0) is 24.8 Å². The summed E-state index contributed by atoms with van der Waals surface area (Å²) in [5, 5.41) is 0. The molecule has 5 rings (SSSR count). The molecule has 3 heteroatoms. The smallest absolute Gasteiger partial charge is 0.124 e. The van der Waals surface area contributed by atoms with E-state index in [1.807, 2.05) is 0 Å². The van der Waals surface area contributed by atoms with Crippen molar-refractivity contribution in [3.05, 3.63) is 11.6 Å². The Morgan fingerprint density at radius 3 is 2.68 bits per heavy atom. The van der Waals surface area contributed by atoms with Crippen LogP contribution in [0, 0.1) is 16.7 Å². The number of rotatable bonds is 0. The van der Waals surface area contributed by atoms with Crippen LogP contribution in [0.3, 0.4) is 0 Å². The molecule has 0 aromatic heterocycles. The summed E-state index contributed by atoms with van der Waals surface area (Å²) in [5.41, 5.74) is 1.56. The molecule has 3 heterocycles. The van der Waals surface area contributed by atoms with E-state index in [1.165, 1.54) is 5.57 Å². The fourth-order valence-corrected chi connectivity index (χ4v) is 5.75. The van der Waals surface area contributed by atoms with E-state index in [1.54, 1.807) is 0 Å². The third-order valence-electron chi connectivity index (χ3n) is 7.37. The Kier molecular flexibility index (Phi) is 1.67. The number of epoxide rings is 2. The molecule has 0 amide bonds. The molecule has 1 spiro atoms. The number of hydrogen-bond donors (Lipinski definition) is 0. The third-order valence-corrected chi connectivity index (χ3v) is 7.37. The Morgan fingerprint density at radius 2 is 2.00 bits per heavy atom. The van der Waals surface area contributed by atoms with Crippen molar-refractivity contribution in [3.63, 3.8) is 0 Å². The average Bonchev–Trinajstić information content (AvgIpc) is 3.22. The highest BCUT2D eigenvalue weighted by atomic mass is 16.6. The zero-order chi connectivity index (χ0) is 13.2. The van der Waals surface area contributed by atoms with Crippen molar-refractivity contribution in [1.29, 1.82) is 0 Å². The summed E-state index contributed by atoms with van der Waals surface area (Å²) in [6.07, 6.45) is 4.60. The maximum atomic E-state index is 6.48. The van der Waals surface area contributed by atoms with Gasteiger partial charge >= 0.3 is 0 Å². The molecular formula is C16H22O3. The van der Waals surface area contributed by atoms with E-state index in [0.717, 1.165) is 13.0 Å². The molecular weight excluding hydrogens is 240 g/mol. The highest BCUT2D eigenvalue weighted by molar-refractivity contribution is 5.37. The van der Waals surface area contributed by atoms with Crippen LogP contribution >= 0.6 is 0 Å². The first-order valence-corrected chi connectivity index (χ1v) is 7.58. The normalized spacial score (nSPS) is 68.4. The maximum absolute atomic E-state index is 6.48. The summed E-state index contributed by atoms with van der Waals surface area (Å²) in [7, 11) is 0. The van der Waals surface area contributed by atoms with Gasteiger partial charge in [-0.15, -0.1) is 0 Å². The van der Waals surface area contributed by atoms with Crippen molar-refractivity contribution in [3.8, 4) is 0 Å². The highest BCUT2D eigenvalue weighted by Crippen LogP contribution is 2.75. The molecule has 2 aliphatic carbocycles. The predicted octanol–water partition coefficient (Wildman–Crippen LogP) is 2.30. The van der Waals surface area contributed by atoms with Gasteiger partial charge in [0.15, 0.2) is 0 Å². The van der Waals surface area contributed by atoms with Gasteiger partial charge in [-0.25, -0.2) is 0 Å². The van der Waals surface area contributed by atoms with Crippen LogP contribution in [0.4, 0.5) is 0 Å². The molecule has 0 radical (unpaired) electrons. The van der Waals surface area contributed by atoms with Crippen molar-refractivity contribution in [2.45, 2.75) is 64.1 Å². The van der Waals surface area contributed by atoms with Crippen LogP contribution in [-0.2, 0) is 14.2 Å². The minimum Gasteiger partial charge on any atom is -0.367 e. The lowest BCUT2D eigenvalue weighted by Gasteiger charge is -2.56. The topological polar surface area (TPSA) is 34.3 Å². The summed E-state index contributed by atoms with van der Waals surface area (Å²) >= 11 is 0. The van der Waals surface area contributed by atoms with Crippen molar-refractivity contribution >= 4 is 0 Å². The molecule has 2 bridgehead atoms. The monoisotopic (exact) mass is 262 g/mol. The van der Waals surface area contributed by atoms with Crippen LogP contribution in [-0.4, -0.2) is 36.6 Å². The summed E-state index contributed by atoms with van der Waals surface area (Å²) < 4.78 is 18.5. The minimum absolute atomic E-state index is 0.0206. The molecule has 3 aliphatic heterocycles. The zero-order valence-corrected chi connectivity index (χ0v) is 12.1. The third kappa shape index (κ3) is 0.913. The first-order valence-electron chi connectivity index (χ1n) is 7.58. The fraction of sp³-hybridized carbons (Fsp3) is 0.875. The molecule has 0 aromatic carbocycles.